The molecule has 1 N–H and O–H groups in total. The van der Waals surface area contributed by atoms with E-state index in [0.29, 0.717) is 5.92 Å². The first kappa shape index (κ1) is 16.5. The monoisotopic (exact) mass is 287 g/mol. The Morgan fingerprint density at radius 1 is 1.05 bits per heavy atom. The first-order valence-corrected chi connectivity index (χ1v) is 9.10. The Labute approximate surface area is 131 Å². The van der Waals surface area contributed by atoms with Crippen molar-refractivity contribution in [2.24, 2.45) is 0 Å². The molecule has 1 fully saturated rings. The maximum atomic E-state index is 3.74. The highest BCUT2D eigenvalue weighted by molar-refractivity contribution is 5.29. The van der Waals surface area contributed by atoms with Crippen molar-refractivity contribution < 1.29 is 0 Å². The fraction of sp³-hybridized carbons (Fsp3) is 0.700. The molecule has 1 aliphatic carbocycles. The minimum Gasteiger partial charge on any atom is -0.313 e. The van der Waals surface area contributed by atoms with Gasteiger partial charge in [0, 0.05) is 12.6 Å². The molecule has 0 radical (unpaired) electrons. The Kier molecular flexibility index (Phi) is 7.29. The summed E-state index contributed by atoms with van der Waals surface area (Å²) < 4.78 is 0. The number of unbranched alkanes of at least 4 members (excludes halogenated alkanes) is 5. The molecule has 0 heterocycles. The minimum absolute atomic E-state index is 0.706. The summed E-state index contributed by atoms with van der Waals surface area (Å²) in [5.41, 5.74) is 3.03. The number of nitrogens with one attached hydrogen (secondary N) is 1. The first-order valence-electron chi connectivity index (χ1n) is 9.10. The van der Waals surface area contributed by atoms with Crippen LogP contribution in [0.4, 0.5) is 0 Å². The lowest BCUT2D eigenvalue weighted by molar-refractivity contribution is 0.504. The summed E-state index contributed by atoms with van der Waals surface area (Å²) in [6.45, 7) is 5.73. The Morgan fingerprint density at radius 2 is 1.76 bits per heavy atom. The van der Waals surface area contributed by atoms with Crippen LogP contribution >= 0.6 is 0 Å². The summed E-state index contributed by atoms with van der Waals surface area (Å²) in [6, 6.07) is 9.79. The van der Waals surface area contributed by atoms with E-state index < -0.39 is 0 Å². The molecule has 0 amide bonds. The van der Waals surface area contributed by atoms with Gasteiger partial charge in [0.15, 0.2) is 0 Å². The Bertz CT molecular complexity index is 395. The summed E-state index contributed by atoms with van der Waals surface area (Å²) in [4.78, 5) is 0. The van der Waals surface area contributed by atoms with Gasteiger partial charge in [0.25, 0.3) is 0 Å². The van der Waals surface area contributed by atoms with Gasteiger partial charge in [0.2, 0.25) is 0 Å². The topological polar surface area (TPSA) is 12.0 Å². The van der Waals surface area contributed by atoms with Crippen LogP contribution in [0.5, 0.6) is 0 Å². The summed E-state index contributed by atoms with van der Waals surface area (Å²) in [7, 11) is 0. The van der Waals surface area contributed by atoms with Crippen LogP contribution in [-0.4, -0.2) is 12.6 Å². The van der Waals surface area contributed by atoms with Crippen LogP contribution in [0.15, 0.2) is 24.3 Å². The van der Waals surface area contributed by atoms with Gasteiger partial charge in [0.1, 0.15) is 0 Å². The third kappa shape index (κ3) is 6.22. The highest BCUT2D eigenvalue weighted by Crippen LogP contribution is 2.27. The average molecular weight is 287 g/mol. The van der Waals surface area contributed by atoms with Gasteiger partial charge in [-0.25, -0.2) is 0 Å². The van der Waals surface area contributed by atoms with Crippen LogP contribution in [0.25, 0.3) is 0 Å². The fourth-order valence-corrected chi connectivity index (χ4v) is 3.18. The van der Waals surface area contributed by atoms with Crippen molar-refractivity contribution in [2.45, 2.75) is 83.6 Å². The normalized spacial score (nSPS) is 16.1. The molecular weight excluding hydrogens is 254 g/mol. The molecule has 1 saturated carbocycles. The van der Waals surface area contributed by atoms with E-state index >= 15 is 0 Å². The molecule has 118 valence electrons. The summed E-state index contributed by atoms with van der Waals surface area (Å²) in [5, 5.41) is 3.74. The highest BCUT2D eigenvalue weighted by atomic mass is 14.9. The molecule has 0 aliphatic heterocycles. The predicted molar refractivity (Wildman–Crippen MR) is 92.9 cm³/mol. The van der Waals surface area contributed by atoms with Crippen LogP contribution < -0.4 is 5.32 Å². The van der Waals surface area contributed by atoms with E-state index in [9.17, 15) is 0 Å². The lowest BCUT2D eigenvalue weighted by Gasteiger charge is -2.20. The van der Waals surface area contributed by atoms with Gasteiger partial charge >= 0.3 is 0 Å². The number of benzene rings is 1. The minimum atomic E-state index is 0.706. The Balaban J connectivity index is 1.79. The van der Waals surface area contributed by atoms with Crippen molar-refractivity contribution in [1.82, 2.24) is 5.32 Å². The Morgan fingerprint density at radius 3 is 2.48 bits per heavy atom. The summed E-state index contributed by atoms with van der Waals surface area (Å²) in [6.07, 6.45) is 12.5. The third-order valence-corrected chi connectivity index (χ3v) is 4.76. The van der Waals surface area contributed by atoms with Crippen LogP contribution in [0, 0.1) is 6.92 Å². The largest absolute Gasteiger partial charge is 0.313 e. The molecule has 1 heteroatoms. The molecule has 1 aromatic rings. The zero-order valence-electron chi connectivity index (χ0n) is 14.0. The molecule has 2 rings (SSSR count). The van der Waals surface area contributed by atoms with Gasteiger partial charge in [-0.05, 0) is 43.2 Å². The molecule has 1 aliphatic rings. The zero-order chi connectivity index (χ0) is 14.9. The van der Waals surface area contributed by atoms with E-state index in [1.54, 1.807) is 5.56 Å². The third-order valence-electron chi connectivity index (χ3n) is 4.76. The van der Waals surface area contributed by atoms with Crippen molar-refractivity contribution in [3.05, 3.63) is 35.4 Å². The van der Waals surface area contributed by atoms with E-state index in [1.807, 2.05) is 0 Å². The van der Waals surface area contributed by atoms with Gasteiger partial charge in [-0.1, -0.05) is 69.7 Å². The van der Waals surface area contributed by atoms with Crippen molar-refractivity contribution >= 4 is 0 Å². The Hall–Kier alpha value is -0.820. The fourth-order valence-electron chi connectivity index (χ4n) is 3.18. The summed E-state index contributed by atoms with van der Waals surface area (Å²) >= 11 is 0. The molecule has 1 aromatic carbocycles. The smallest absolute Gasteiger partial charge is 0.00684 e. The van der Waals surface area contributed by atoms with Crippen molar-refractivity contribution in [2.75, 3.05) is 6.54 Å². The van der Waals surface area contributed by atoms with Crippen molar-refractivity contribution in [3.63, 3.8) is 0 Å². The second-order valence-electron chi connectivity index (χ2n) is 6.79. The standard InChI is InChI=1S/C20H33N/c1-3-4-5-6-7-8-12-18(16-21-19-14-15-19)20-13-10-9-11-17(20)2/h9-11,13,18-19,21H,3-8,12,14-16H2,1-2H3. The molecule has 0 bridgehead atoms. The number of aryl methyl sites for hydroxylation is 1. The van der Waals surface area contributed by atoms with Gasteiger partial charge in [-0.15, -0.1) is 0 Å². The maximum absolute atomic E-state index is 3.74. The van der Waals surface area contributed by atoms with Crippen LogP contribution in [-0.2, 0) is 0 Å². The molecule has 1 unspecified atom stereocenters. The zero-order valence-corrected chi connectivity index (χ0v) is 14.0. The lowest BCUT2D eigenvalue weighted by Crippen LogP contribution is -2.24. The lowest BCUT2D eigenvalue weighted by atomic mass is 9.90. The molecule has 0 saturated heterocycles. The van der Waals surface area contributed by atoms with E-state index in [-0.39, 0.29) is 0 Å². The van der Waals surface area contributed by atoms with Crippen LogP contribution in [0.2, 0.25) is 0 Å². The molecule has 1 nitrogen and oxygen atoms in total. The second kappa shape index (κ2) is 9.25. The molecule has 0 spiro atoms. The van der Waals surface area contributed by atoms with E-state index in [2.05, 4.69) is 43.4 Å². The van der Waals surface area contributed by atoms with E-state index in [0.717, 1.165) is 6.04 Å². The molecular formula is C20H33N. The van der Waals surface area contributed by atoms with Crippen molar-refractivity contribution in [3.8, 4) is 0 Å². The second-order valence-corrected chi connectivity index (χ2v) is 6.79. The summed E-state index contributed by atoms with van der Waals surface area (Å²) in [5.74, 6) is 0.706. The highest BCUT2D eigenvalue weighted by Gasteiger charge is 2.22. The number of rotatable bonds is 11. The average Bonchev–Trinajstić information content (AvgIpc) is 3.31. The number of hydrogen-bond acceptors (Lipinski definition) is 1. The quantitative estimate of drug-likeness (QED) is 0.524. The van der Waals surface area contributed by atoms with Crippen LogP contribution in [0.1, 0.15) is 81.8 Å². The van der Waals surface area contributed by atoms with Gasteiger partial charge < -0.3 is 5.32 Å². The molecule has 1 atom stereocenters. The van der Waals surface area contributed by atoms with Gasteiger partial charge in [-0.3, -0.25) is 0 Å². The van der Waals surface area contributed by atoms with Crippen LogP contribution in [0.3, 0.4) is 0 Å². The van der Waals surface area contributed by atoms with E-state index in [4.69, 9.17) is 0 Å². The van der Waals surface area contributed by atoms with Crippen molar-refractivity contribution in [1.29, 1.82) is 0 Å². The maximum Gasteiger partial charge on any atom is 0.00684 e. The number of hydrogen-bond donors (Lipinski definition) is 1. The van der Waals surface area contributed by atoms with Gasteiger partial charge in [-0.2, -0.15) is 0 Å². The molecule has 21 heavy (non-hydrogen) atoms. The van der Waals surface area contributed by atoms with E-state index in [1.165, 1.54) is 69.9 Å². The molecule has 0 aromatic heterocycles. The SMILES string of the molecule is CCCCCCCCC(CNC1CC1)c1ccccc1C. The first-order chi connectivity index (χ1) is 10.3. The van der Waals surface area contributed by atoms with Gasteiger partial charge in [0.05, 0.1) is 0 Å². The predicted octanol–water partition coefficient (Wildman–Crippen LogP) is 5.58.